The lowest BCUT2D eigenvalue weighted by Crippen LogP contribution is -2.14. The fraction of sp³-hybridized carbons (Fsp3) is 0.385. The first-order valence-electron chi connectivity index (χ1n) is 6.30. The van der Waals surface area contributed by atoms with Crippen LogP contribution in [0.2, 0.25) is 0 Å². The highest BCUT2D eigenvalue weighted by atomic mass is 31.2. The van der Waals surface area contributed by atoms with Gasteiger partial charge in [0.25, 0.3) is 0 Å². The number of benzene rings is 1. The van der Waals surface area contributed by atoms with Crippen LogP contribution in [0, 0.1) is 0 Å². The minimum Gasteiger partial charge on any atom is -0.462 e. The smallest absolute Gasteiger partial charge is 0.339 e. The summed E-state index contributed by atoms with van der Waals surface area (Å²) in [4.78, 5) is 41.6. The molecule has 0 fully saturated rings. The Bertz CT molecular complexity index is 576. The van der Waals surface area contributed by atoms with Crippen molar-refractivity contribution < 1.29 is 33.4 Å². The molecule has 1 rings (SSSR count). The van der Waals surface area contributed by atoms with Crippen molar-refractivity contribution in [3.8, 4) is 0 Å². The molecule has 0 aliphatic carbocycles. The zero-order valence-corrected chi connectivity index (χ0v) is 12.6. The van der Waals surface area contributed by atoms with Crippen molar-refractivity contribution in [1.29, 1.82) is 0 Å². The van der Waals surface area contributed by atoms with E-state index in [1.165, 1.54) is 18.2 Å². The van der Waals surface area contributed by atoms with Gasteiger partial charge < -0.3 is 19.3 Å². The third-order valence-corrected chi connectivity index (χ3v) is 3.24. The molecule has 1 aromatic carbocycles. The molecule has 0 saturated heterocycles. The average molecular weight is 316 g/mol. The molecular weight excluding hydrogens is 299 g/mol. The molecule has 0 spiro atoms. The Morgan fingerprint density at radius 1 is 1.05 bits per heavy atom. The van der Waals surface area contributed by atoms with Gasteiger partial charge in [0.1, 0.15) is 0 Å². The molecule has 0 saturated carbocycles. The fourth-order valence-electron chi connectivity index (χ4n) is 1.69. The highest BCUT2D eigenvalue weighted by Crippen LogP contribution is 2.39. The van der Waals surface area contributed by atoms with Gasteiger partial charge in [-0.25, -0.2) is 9.59 Å². The Hall–Kier alpha value is -1.69. The van der Waals surface area contributed by atoms with Crippen LogP contribution in [-0.2, 0) is 20.2 Å². The summed E-state index contributed by atoms with van der Waals surface area (Å²) in [6.07, 6.45) is -0.525. The molecule has 0 heterocycles. The average Bonchev–Trinajstić information content (AvgIpc) is 2.37. The van der Waals surface area contributed by atoms with Crippen LogP contribution in [0.4, 0.5) is 0 Å². The summed E-state index contributed by atoms with van der Waals surface area (Å²) in [7, 11) is -4.27. The molecular formula is C13H17O7P. The van der Waals surface area contributed by atoms with Crippen molar-refractivity contribution >= 4 is 19.5 Å². The molecule has 0 amide bonds. The number of carbonyl (C=O) groups excluding carboxylic acids is 2. The normalized spacial score (nSPS) is 11.0. The minimum atomic E-state index is -4.27. The maximum absolute atomic E-state index is 11.9. The zero-order valence-electron chi connectivity index (χ0n) is 11.7. The van der Waals surface area contributed by atoms with Gasteiger partial charge in [-0.15, -0.1) is 0 Å². The van der Waals surface area contributed by atoms with Crippen LogP contribution in [0.15, 0.2) is 18.2 Å². The standard InChI is InChI=1S/C13H17O7P/c1-3-19-12(14)10-6-5-9(8-21(16,17)18)7-11(10)13(15)20-4-2/h5-7H,3-4,8H2,1-2H3,(H2,16,17,18). The molecule has 2 N–H and O–H groups in total. The number of rotatable bonds is 6. The van der Waals surface area contributed by atoms with Crippen molar-refractivity contribution in [2.75, 3.05) is 13.2 Å². The molecule has 0 atom stereocenters. The predicted molar refractivity (Wildman–Crippen MR) is 74.1 cm³/mol. The van der Waals surface area contributed by atoms with Crippen LogP contribution < -0.4 is 0 Å². The molecule has 116 valence electrons. The lowest BCUT2D eigenvalue weighted by atomic mass is 10.0. The highest BCUT2D eigenvalue weighted by Gasteiger charge is 2.22. The van der Waals surface area contributed by atoms with E-state index >= 15 is 0 Å². The topological polar surface area (TPSA) is 110 Å². The van der Waals surface area contributed by atoms with E-state index < -0.39 is 25.7 Å². The molecule has 0 aliphatic rings. The monoisotopic (exact) mass is 316 g/mol. The van der Waals surface area contributed by atoms with Crippen LogP contribution in [0.25, 0.3) is 0 Å². The fourth-order valence-corrected chi connectivity index (χ4v) is 2.36. The van der Waals surface area contributed by atoms with Crippen molar-refractivity contribution in [2.24, 2.45) is 0 Å². The van der Waals surface area contributed by atoms with Gasteiger partial charge in [-0.2, -0.15) is 0 Å². The molecule has 0 bridgehead atoms. The molecule has 0 unspecified atom stereocenters. The third kappa shape index (κ3) is 5.30. The van der Waals surface area contributed by atoms with Gasteiger partial charge in [0.15, 0.2) is 0 Å². The minimum absolute atomic E-state index is 0.00441. The SMILES string of the molecule is CCOC(=O)c1ccc(CP(=O)(O)O)cc1C(=O)OCC. The quantitative estimate of drug-likeness (QED) is 0.607. The lowest BCUT2D eigenvalue weighted by molar-refractivity contribution is 0.0479. The van der Waals surface area contributed by atoms with E-state index in [1.54, 1.807) is 13.8 Å². The van der Waals surface area contributed by atoms with E-state index in [0.717, 1.165) is 0 Å². The van der Waals surface area contributed by atoms with Crippen LogP contribution in [-0.4, -0.2) is 34.9 Å². The van der Waals surface area contributed by atoms with Gasteiger partial charge >= 0.3 is 19.5 Å². The van der Waals surface area contributed by atoms with Gasteiger partial charge in [0, 0.05) is 0 Å². The lowest BCUT2D eigenvalue weighted by Gasteiger charge is -2.11. The summed E-state index contributed by atoms with van der Waals surface area (Å²) in [5.41, 5.74) is 0.172. The largest absolute Gasteiger partial charge is 0.462 e. The van der Waals surface area contributed by atoms with Gasteiger partial charge in [-0.1, -0.05) is 6.07 Å². The van der Waals surface area contributed by atoms with Crippen LogP contribution in [0.5, 0.6) is 0 Å². The second-order valence-electron chi connectivity index (χ2n) is 4.14. The van der Waals surface area contributed by atoms with Crippen molar-refractivity contribution in [2.45, 2.75) is 20.0 Å². The summed E-state index contributed by atoms with van der Waals surface area (Å²) in [6.45, 7) is 3.50. The first kappa shape index (κ1) is 17.4. The van der Waals surface area contributed by atoms with E-state index in [0.29, 0.717) is 0 Å². The van der Waals surface area contributed by atoms with E-state index in [1.807, 2.05) is 0 Å². The second-order valence-corrected chi connectivity index (χ2v) is 5.79. The van der Waals surface area contributed by atoms with E-state index in [4.69, 9.17) is 19.3 Å². The third-order valence-electron chi connectivity index (χ3n) is 2.46. The first-order valence-corrected chi connectivity index (χ1v) is 8.10. The first-order chi connectivity index (χ1) is 9.78. The molecule has 0 radical (unpaired) electrons. The Labute approximate surface area is 122 Å². The maximum Gasteiger partial charge on any atom is 0.339 e. The summed E-state index contributed by atoms with van der Waals surface area (Å²) in [5, 5.41) is 0. The van der Waals surface area contributed by atoms with Crippen LogP contribution in [0.3, 0.4) is 0 Å². The summed E-state index contributed by atoms with van der Waals surface area (Å²) >= 11 is 0. The van der Waals surface area contributed by atoms with Gasteiger partial charge in [0.2, 0.25) is 0 Å². The predicted octanol–water partition coefficient (Wildman–Crippen LogP) is 1.72. The number of hydrogen-bond acceptors (Lipinski definition) is 5. The van der Waals surface area contributed by atoms with Crippen LogP contribution >= 0.6 is 7.60 Å². The Morgan fingerprint density at radius 3 is 2.05 bits per heavy atom. The highest BCUT2D eigenvalue weighted by molar-refractivity contribution is 7.50. The summed E-state index contributed by atoms with van der Waals surface area (Å²) < 4.78 is 20.7. The maximum atomic E-state index is 11.9. The zero-order chi connectivity index (χ0) is 16.0. The summed E-state index contributed by atoms with van der Waals surface area (Å²) in [6, 6.07) is 3.91. The number of hydrogen-bond donors (Lipinski definition) is 2. The van der Waals surface area contributed by atoms with Crippen LogP contribution in [0.1, 0.15) is 40.1 Å². The van der Waals surface area contributed by atoms with Gasteiger partial charge in [-0.05, 0) is 31.5 Å². The van der Waals surface area contributed by atoms with Crippen molar-refractivity contribution in [1.82, 2.24) is 0 Å². The van der Waals surface area contributed by atoms with E-state index in [2.05, 4.69) is 0 Å². The second kappa shape index (κ2) is 7.36. The van der Waals surface area contributed by atoms with Gasteiger partial charge in [0.05, 0.1) is 30.5 Å². The molecule has 7 nitrogen and oxygen atoms in total. The Kier molecular flexibility index (Phi) is 6.08. The van der Waals surface area contributed by atoms with Crippen molar-refractivity contribution in [3.05, 3.63) is 34.9 Å². The Balaban J connectivity index is 3.22. The van der Waals surface area contributed by atoms with E-state index in [-0.39, 0.29) is 29.9 Å². The number of carbonyl (C=O) groups is 2. The molecule has 21 heavy (non-hydrogen) atoms. The van der Waals surface area contributed by atoms with E-state index in [9.17, 15) is 14.2 Å². The molecule has 0 aliphatic heterocycles. The summed E-state index contributed by atoms with van der Waals surface area (Å²) in [5.74, 6) is -1.43. The molecule has 1 aromatic rings. The number of ether oxygens (including phenoxy) is 2. The van der Waals surface area contributed by atoms with Crippen molar-refractivity contribution in [3.63, 3.8) is 0 Å². The number of esters is 2. The van der Waals surface area contributed by atoms with Gasteiger partial charge in [-0.3, -0.25) is 4.57 Å². The molecule has 8 heteroatoms. The molecule has 0 aromatic heterocycles. The Morgan fingerprint density at radius 2 is 1.57 bits per heavy atom.